The molecule has 5 nitrogen and oxygen atoms in total. The Morgan fingerprint density at radius 1 is 1.06 bits per heavy atom. The fraction of sp³-hybridized carbons (Fsp3) is 0.462. The average molecular weight is 423 g/mol. The number of nitrogens with zero attached hydrogens (tertiary/aromatic N) is 1. The molecule has 1 fully saturated rings. The second kappa shape index (κ2) is 10.5. The van der Waals surface area contributed by atoms with Crippen LogP contribution in [0.2, 0.25) is 0 Å². The molecule has 0 aromatic heterocycles. The molecule has 2 aromatic rings. The van der Waals surface area contributed by atoms with E-state index in [0.717, 1.165) is 46.5 Å². The van der Waals surface area contributed by atoms with E-state index in [2.05, 4.69) is 5.32 Å². The van der Waals surface area contributed by atoms with Crippen LogP contribution in [-0.2, 0) is 16.0 Å². The minimum absolute atomic E-state index is 0.0381. The molecule has 0 aliphatic heterocycles. The lowest BCUT2D eigenvalue weighted by Crippen LogP contribution is -2.35. The third-order valence-corrected chi connectivity index (χ3v) is 5.88. The Balaban J connectivity index is 1.49. The van der Waals surface area contributed by atoms with Crippen LogP contribution in [0.25, 0.3) is 0 Å². The van der Waals surface area contributed by atoms with Crippen LogP contribution in [0.5, 0.6) is 5.75 Å². The monoisotopic (exact) mass is 422 g/mol. The van der Waals surface area contributed by atoms with E-state index in [1.807, 2.05) is 57.2 Å². The maximum Gasteiger partial charge on any atom is 0.243 e. The van der Waals surface area contributed by atoms with Gasteiger partial charge in [-0.05, 0) is 81.7 Å². The molecule has 0 heterocycles. The van der Waals surface area contributed by atoms with Crippen molar-refractivity contribution in [2.24, 2.45) is 0 Å². The molecular weight excluding hydrogens is 388 g/mol. The average Bonchev–Trinajstić information content (AvgIpc) is 3.22. The van der Waals surface area contributed by atoms with Crippen LogP contribution in [0.3, 0.4) is 0 Å². The third-order valence-electron chi connectivity index (χ3n) is 5.88. The number of aryl methyl sites for hydroxylation is 4. The van der Waals surface area contributed by atoms with Crippen molar-refractivity contribution in [2.45, 2.75) is 65.4 Å². The van der Waals surface area contributed by atoms with Crippen LogP contribution in [0.1, 0.15) is 54.4 Å². The van der Waals surface area contributed by atoms with Crippen LogP contribution in [0.4, 0.5) is 5.69 Å². The van der Waals surface area contributed by atoms with E-state index < -0.39 is 0 Å². The molecule has 1 aliphatic carbocycles. The van der Waals surface area contributed by atoms with Gasteiger partial charge in [-0.15, -0.1) is 0 Å². The van der Waals surface area contributed by atoms with Gasteiger partial charge in [0.05, 0.1) is 12.6 Å². The van der Waals surface area contributed by atoms with Gasteiger partial charge in [0.2, 0.25) is 11.8 Å². The summed E-state index contributed by atoms with van der Waals surface area (Å²) in [6.07, 6.45) is 6.03. The number of carbonyl (C=O) groups excluding carboxylic acids is 2. The number of rotatable bonds is 8. The number of amides is 2. The second-order valence-corrected chi connectivity index (χ2v) is 8.74. The lowest BCUT2D eigenvalue weighted by Gasteiger charge is -2.19. The van der Waals surface area contributed by atoms with Crippen molar-refractivity contribution in [2.75, 3.05) is 18.9 Å². The van der Waals surface area contributed by atoms with Crippen LogP contribution in [0.15, 0.2) is 36.4 Å². The fourth-order valence-electron chi connectivity index (χ4n) is 4.27. The maximum atomic E-state index is 12.6. The van der Waals surface area contributed by atoms with Crippen molar-refractivity contribution < 1.29 is 14.3 Å². The summed E-state index contributed by atoms with van der Waals surface area (Å²) in [5.41, 5.74) is 5.13. The quantitative estimate of drug-likeness (QED) is 0.654. The molecule has 0 radical (unpaired) electrons. The molecule has 1 saturated carbocycles. The number of benzene rings is 2. The first-order chi connectivity index (χ1) is 14.8. The van der Waals surface area contributed by atoms with Gasteiger partial charge in [0.1, 0.15) is 5.75 Å². The van der Waals surface area contributed by atoms with Crippen molar-refractivity contribution in [3.05, 3.63) is 58.7 Å². The maximum absolute atomic E-state index is 12.6. The first kappa shape index (κ1) is 22.9. The smallest absolute Gasteiger partial charge is 0.243 e. The summed E-state index contributed by atoms with van der Waals surface area (Å²) in [5.74, 6) is 0.654. The molecule has 0 spiro atoms. The number of hydrogen-bond donors (Lipinski definition) is 1. The van der Waals surface area contributed by atoms with E-state index >= 15 is 0 Å². The summed E-state index contributed by atoms with van der Waals surface area (Å²) in [6.45, 7) is 6.04. The molecule has 0 bridgehead atoms. The minimum atomic E-state index is -0.183. The summed E-state index contributed by atoms with van der Waals surface area (Å²) < 4.78 is 6.06. The second-order valence-electron chi connectivity index (χ2n) is 8.74. The largest absolute Gasteiger partial charge is 0.490 e. The van der Waals surface area contributed by atoms with Gasteiger partial charge in [0, 0.05) is 19.2 Å². The Labute approximate surface area is 185 Å². The van der Waals surface area contributed by atoms with Gasteiger partial charge in [-0.3, -0.25) is 9.59 Å². The van der Waals surface area contributed by atoms with E-state index in [0.29, 0.717) is 18.9 Å². The van der Waals surface area contributed by atoms with E-state index in [4.69, 9.17) is 4.74 Å². The highest BCUT2D eigenvalue weighted by Gasteiger charge is 2.17. The van der Waals surface area contributed by atoms with E-state index in [1.54, 1.807) is 7.05 Å². The minimum Gasteiger partial charge on any atom is -0.490 e. The van der Waals surface area contributed by atoms with Crippen LogP contribution < -0.4 is 10.1 Å². The molecule has 5 heteroatoms. The Morgan fingerprint density at radius 3 is 2.42 bits per heavy atom. The molecule has 2 aromatic carbocycles. The first-order valence-electron chi connectivity index (χ1n) is 11.2. The van der Waals surface area contributed by atoms with Crippen molar-refractivity contribution in [3.8, 4) is 5.75 Å². The number of carbonyl (C=O) groups is 2. The van der Waals surface area contributed by atoms with Crippen LogP contribution >= 0.6 is 0 Å². The fourth-order valence-corrected chi connectivity index (χ4v) is 4.27. The number of ether oxygens (including phenoxy) is 1. The molecule has 31 heavy (non-hydrogen) atoms. The van der Waals surface area contributed by atoms with Gasteiger partial charge in [0.25, 0.3) is 0 Å². The molecule has 166 valence electrons. The lowest BCUT2D eigenvalue weighted by molar-refractivity contribution is -0.133. The van der Waals surface area contributed by atoms with Crippen LogP contribution in [-0.4, -0.2) is 36.4 Å². The van der Waals surface area contributed by atoms with Crippen molar-refractivity contribution >= 4 is 17.5 Å². The van der Waals surface area contributed by atoms with Crippen molar-refractivity contribution in [3.63, 3.8) is 0 Å². The normalized spacial score (nSPS) is 13.8. The molecule has 1 N–H and O–H groups in total. The summed E-state index contributed by atoms with van der Waals surface area (Å²) in [4.78, 5) is 26.5. The van der Waals surface area contributed by atoms with Gasteiger partial charge in [-0.2, -0.15) is 0 Å². The highest BCUT2D eigenvalue weighted by Crippen LogP contribution is 2.25. The van der Waals surface area contributed by atoms with Gasteiger partial charge in [0.15, 0.2) is 0 Å². The lowest BCUT2D eigenvalue weighted by atomic mass is 10.1. The Bertz CT molecular complexity index is 909. The van der Waals surface area contributed by atoms with Crippen LogP contribution in [0, 0.1) is 20.8 Å². The Hall–Kier alpha value is -2.82. The summed E-state index contributed by atoms with van der Waals surface area (Å²) >= 11 is 0. The highest BCUT2D eigenvalue weighted by molar-refractivity contribution is 5.95. The number of likely N-dealkylation sites (N-methyl/N-ethyl adjacent to an activating group) is 1. The molecule has 0 saturated heterocycles. The molecule has 0 atom stereocenters. The number of hydrogen-bond acceptors (Lipinski definition) is 3. The predicted molar refractivity (Wildman–Crippen MR) is 125 cm³/mol. The standard InChI is InChI=1S/C26H34N2O3/c1-18-14-19(2)26(20(3)15-18)27-24(29)17-28(4)25(30)13-12-21-8-7-11-23(16-21)31-22-9-5-6-10-22/h7-8,11,14-16,22H,5-6,9-10,12-13,17H2,1-4H3,(H,27,29). The Kier molecular flexibility index (Phi) is 7.72. The topological polar surface area (TPSA) is 58.6 Å². The summed E-state index contributed by atoms with van der Waals surface area (Å²) in [7, 11) is 1.68. The molecular formula is C26H34N2O3. The van der Waals surface area contributed by atoms with Gasteiger partial charge >= 0.3 is 0 Å². The van der Waals surface area contributed by atoms with Crippen molar-refractivity contribution in [1.29, 1.82) is 0 Å². The van der Waals surface area contributed by atoms with E-state index in [9.17, 15) is 9.59 Å². The predicted octanol–water partition coefficient (Wildman–Crippen LogP) is 4.96. The van der Waals surface area contributed by atoms with Crippen molar-refractivity contribution in [1.82, 2.24) is 4.90 Å². The van der Waals surface area contributed by atoms with Gasteiger partial charge < -0.3 is 15.0 Å². The van der Waals surface area contributed by atoms with E-state index in [1.165, 1.54) is 17.7 Å². The van der Waals surface area contributed by atoms with E-state index in [-0.39, 0.29) is 18.4 Å². The van der Waals surface area contributed by atoms with Gasteiger partial charge in [-0.25, -0.2) is 0 Å². The number of nitrogens with one attached hydrogen (secondary N) is 1. The van der Waals surface area contributed by atoms with Gasteiger partial charge in [-0.1, -0.05) is 29.8 Å². The zero-order valence-corrected chi connectivity index (χ0v) is 19.2. The molecule has 3 rings (SSSR count). The zero-order chi connectivity index (χ0) is 22.4. The highest BCUT2D eigenvalue weighted by atomic mass is 16.5. The first-order valence-corrected chi connectivity index (χ1v) is 11.2. The third kappa shape index (κ3) is 6.58. The molecule has 0 unspecified atom stereocenters. The molecule has 1 aliphatic rings. The Morgan fingerprint density at radius 2 is 1.74 bits per heavy atom. The summed E-state index contributed by atoms with van der Waals surface area (Å²) in [5, 5.41) is 2.96. The SMILES string of the molecule is Cc1cc(C)c(NC(=O)CN(C)C(=O)CCc2cccc(OC3CCCC3)c2)c(C)c1. The number of anilines is 1. The zero-order valence-electron chi connectivity index (χ0n) is 19.2. The summed E-state index contributed by atoms with van der Waals surface area (Å²) in [6, 6.07) is 12.1. The molecule has 2 amide bonds.